The van der Waals surface area contributed by atoms with Crippen LogP contribution in [0.2, 0.25) is 0 Å². The molecule has 1 fully saturated rings. The SMILES string of the molecule is CC1CCN(C(=O)CCCn2cc(COc3ccccc3)nn2)CC1. The Morgan fingerprint density at radius 2 is 2.00 bits per heavy atom. The van der Waals surface area contributed by atoms with Gasteiger partial charge >= 0.3 is 0 Å². The fourth-order valence-corrected chi connectivity index (χ4v) is 3.00. The number of amides is 1. The second-order valence-corrected chi connectivity index (χ2v) is 6.74. The monoisotopic (exact) mass is 342 g/mol. The highest BCUT2D eigenvalue weighted by Gasteiger charge is 2.19. The lowest BCUT2D eigenvalue weighted by Gasteiger charge is -2.30. The van der Waals surface area contributed by atoms with Crippen LogP contribution in [0.25, 0.3) is 0 Å². The molecule has 134 valence electrons. The summed E-state index contributed by atoms with van der Waals surface area (Å²) < 4.78 is 7.45. The molecule has 0 saturated carbocycles. The summed E-state index contributed by atoms with van der Waals surface area (Å²) in [7, 11) is 0. The Bertz CT molecular complexity index is 663. The molecule has 1 saturated heterocycles. The minimum absolute atomic E-state index is 0.264. The van der Waals surface area contributed by atoms with E-state index < -0.39 is 0 Å². The fourth-order valence-electron chi connectivity index (χ4n) is 3.00. The molecule has 0 radical (unpaired) electrons. The van der Waals surface area contributed by atoms with Gasteiger partial charge in [-0.3, -0.25) is 9.48 Å². The summed E-state index contributed by atoms with van der Waals surface area (Å²) in [6, 6.07) is 9.65. The van der Waals surface area contributed by atoms with Crippen molar-refractivity contribution in [1.29, 1.82) is 0 Å². The Morgan fingerprint density at radius 1 is 1.24 bits per heavy atom. The van der Waals surface area contributed by atoms with Crippen molar-refractivity contribution in [1.82, 2.24) is 19.9 Å². The zero-order valence-corrected chi connectivity index (χ0v) is 14.8. The van der Waals surface area contributed by atoms with Crippen molar-refractivity contribution in [3.05, 3.63) is 42.2 Å². The van der Waals surface area contributed by atoms with Gasteiger partial charge in [-0.15, -0.1) is 5.10 Å². The number of para-hydroxylation sites is 1. The molecule has 3 rings (SSSR count). The first-order valence-electron chi connectivity index (χ1n) is 9.05. The third-order valence-corrected chi connectivity index (χ3v) is 4.63. The molecular formula is C19H26N4O2. The number of ether oxygens (including phenoxy) is 1. The van der Waals surface area contributed by atoms with Crippen LogP contribution >= 0.6 is 0 Å². The van der Waals surface area contributed by atoms with E-state index in [9.17, 15) is 4.79 Å². The van der Waals surface area contributed by atoms with Crippen LogP contribution in [0.5, 0.6) is 5.75 Å². The van der Waals surface area contributed by atoms with Crippen LogP contribution in [-0.4, -0.2) is 38.9 Å². The largest absolute Gasteiger partial charge is 0.487 e. The molecule has 2 heterocycles. The van der Waals surface area contributed by atoms with Crippen molar-refractivity contribution < 1.29 is 9.53 Å². The van der Waals surface area contributed by atoms with Gasteiger partial charge in [0.1, 0.15) is 18.1 Å². The molecule has 1 aliphatic rings. The highest BCUT2D eigenvalue weighted by Crippen LogP contribution is 2.17. The third kappa shape index (κ3) is 5.31. The minimum atomic E-state index is 0.264. The summed E-state index contributed by atoms with van der Waals surface area (Å²) in [5.74, 6) is 1.83. The first-order chi connectivity index (χ1) is 12.2. The van der Waals surface area contributed by atoms with E-state index in [0.29, 0.717) is 19.6 Å². The fraction of sp³-hybridized carbons (Fsp3) is 0.526. The number of hydrogen-bond donors (Lipinski definition) is 0. The van der Waals surface area contributed by atoms with Gasteiger partial charge in [0.05, 0.1) is 6.20 Å². The predicted octanol–water partition coefficient (Wildman–Crippen LogP) is 2.90. The van der Waals surface area contributed by atoms with Crippen LogP contribution in [0.4, 0.5) is 0 Å². The number of benzene rings is 1. The summed E-state index contributed by atoms with van der Waals surface area (Å²) >= 11 is 0. The highest BCUT2D eigenvalue weighted by molar-refractivity contribution is 5.76. The van der Waals surface area contributed by atoms with Crippen molar-refractivity contribution in [2.75, 3.05) is 13.1 Å². The first kappa shape index (κ1) is 17.5. The lowest BCUT2D eigenvalue weighted by molar-refractivity contribution is -0.132. The van der Waals surface area contributed by atoms with E-state index in [1.54, 1.807) is 4.68 Å². The zero-order chi connectivity index (χ0) is 17.5. The molecule has 0 bridgehead atoms. The molecule has 0 N–H and O–H groups in total. The van der Waals surface area contributed by atoms with Gasteiger partial charge in [-0.2, -0.15) is 0 Å². The Balaban J connectivity index is 1.37. The van der Waals surface area contributed by atoms with Gasteiger partial charge in [0.15, 0.2) is 0 Å². The van der Waals surface area contributed by atoms with Crippen molar-refractivity contribution in [3.63, 3.8) is 0 Å². The number of rotatable bonds is 7. The lowest BCUT2D eigenvalue weighted by atomic mass is 9.99. The lowest BCUT2D eigenvalue weighted by Crippen LogP contribution is -2.37. The second kappa shape index (κ2) is 8.65. The molecule has 1 aromatic carbocycles. The summed E-state index contributed by atoms with van der Waals surface area (Å²) in [6.45, 7) is 5.17. The Labute approximate surface area is 148 Å². The topological polar surface area (TPSA) is 60.2 Å². The molecule has 0 aliphatic carbocycles. The van der Waals surface area contributed by atoms with Gasteiger partial charge in [-0.05, 0) is 37.3 Å². The first-order valence-corrected chi connectivity index (χ1v) is 9.05. The minimum Gasteiger partial charge on any atom is -0.487 e. The van der Waals surface area contributed by atoms with Crippen LogP contribution in [-0.2, 0) is 17.9 Å². The predicted molar refractivity (Wildman–Crippen MR) is 95.0 cm³/mol. The average Bonchev–Trinajstić information content (AvgIpc) is 3.09. The smallest absolute Gasteiger partial charge is 0.222 e. The standard InChI is InChI=1S/C19H26N4O2/c1-16-9-12-22(13-10-16)19(24)8-5-11-23-14-17(20-21-23)15-25-18-6-3-2-4-7-18/h2-4,6-7,14,16H,5,8-13,15H2,1H3. The number of hydrogen-bond acceptors (Lipinski definition) is 4. The second-order valence-electron chi connectivity index (χ2n) is 6.74. The van der Waals surface area contributed by atoms with E-state index in [4.69, 9.17) is 4.74 Å². The number of carbonyl (C=O) groups is 1. The number of likely N-dealkylation sites (tertiary alicyclic amines) is 1. The van der Waals surface area contributed by atoms with Gasteiger partial charge in [-0.25, -0.2) is 0 Å². The van der Waals surface area contributed by atoms with Crippen molar-refractivity contribution in [2.45, 2.75) is 45.8 Å². The van der Waals surface area contributed by atoms with E-state index in [0.717, 1.165) is 49.7 Å². The van der Waals surface area contributed by atoms with Crippen LogP contribution in [0, 0.1) is 5.92 Å². The molecule has 0 spiro atoms. The maximum atomic E-state index is 12.2. The van der Waals surface area contributed by atoms with Crippen LogP contribution < -0.4 is 4.74 Å². The molecule has 1 aliphatic heterocycles. The summed E-state index contributed by atoms with van der Waals surface area (Å²) in [4.78, 5) is 14.2. The maximum Gasteiger partial charge on any atom is 0.222 e. The number of carbonyl (C=O) groups excluding carboxylic acids is 1. The van der Waals surface area contributed by atoms with Gasteiger partial charge in [0.2, 0.25) is 5.91 Å². The number of nitrogens with zero attached hydrogens (tertiary/aromatic N) is 4. The summed E-state index contributed by atoms with van der Waals surface area (Å²) in [5.41, 5.74) is 0.792. The van der Waals surface area contributed by atoms with E-state index in [1.807, 2.05) is 41.4 Å². The molecule has 0 unspecified atom stereocenters. The molecule has 2 aromatic rings. The van der Waals surface area contributed by atoms with Crippen molar-refractivity contribution >= 4 is 5.91 Å². The zero-order valence-electron chi connectivity index (χ0n) is 14.8. The normalized spacial score (nSPS) is 15.3. The molecule has 1 amide bonds. The van der Waals surface area contributed by atoms with Gasteiger partial charge in [-0.1, -0.05) is 30.3 Å². The van der Waals surface area contributed by atoms with E-state index >= 15 is 0 Å². The molecule has 0 atom stereocenters. The van der Waals surface area contributed by atoms with E-state index in [2.05, 4.69) is 17.2 Å². The highest BCUT2D eigenvalue weighted by atomic mass is 16.5. The van der Waals surface area contributed by atoms with Gasteiger partial charge in [0.25, 0.3) is 0 Å². The molecule has 1 aromatic heterocycles. The molecule has 6 nitrogen and oxygen atoms in total. The molecule has 6 heteroatoms. The van der Waals surface area contributed by atoms with Crippen LogP contribution in [0.3, 0.4) is 0 Å². The number of piperidine rings is 1. The van der Waals surface area contributed by atoms with Crippen molar-refractivity contribution in [3.8, 4) is 5.75 Å². The van der Waals surface area contributed by atoms with Gasteiger partial charge in [0, 0.05) is 26.1 Å². The number of aromatic nitrogens is 3. The van der Waals surface area contributed by atoms with Crippen molar-refractivity contribution in [2.24, 2.45) is 5.92 Å². The Kier molecular flexibility index (Phi) is 6.04. The third-order valence-electron chi connectivity index (χ3n) is 4.63. The van der Waals surface area contributed by atoms with E-state index in [-0.39, 0.29) is 5.91 Å². The maximum absolute atomic E-state index is 12.2. The number of aryl methyl sites for hydroxylation is 1. The quantitative estimate of drug-likeness (QED) is 0.776. The average molecular weight is 342 g/mol. The summed E-state index contributed by atoms with van der Waals surface area (Å²) in [5, 5.41) is 8.23. The Morgan fingerprint density at radius 3 is 2.76 bits per heavy atom. The van der Waals surface area contributed by atoms with Gasteiger partial charge < -0.3 is 9.64 Å². The Hall–Kier alpha value is -2.37. The van der Waals surface area contributed by atoms with Crippen LogP contribution in [0.15, 0.2) is 36.5 Å². The summed E-state index contributed by atoms with van der Waals surface area (Å²) in [6.07, 6.45) is 5.49. The molecular weight excluding hydrogens is 316 g/mol. The van der Waals surface area contributed by atoms with E-state index in [1.165, 1.54) is 0 Å². The molecule has 25 heavy (non-hydrogen) atoms. The van der Waals surface area contributed by atoms with Crippen LogP contribution in [0.1, 0.15) is 38.3 Å².